The van der Waals surface area contributed by atoms with Crippen LogP contribution in [0.1, 0.15) is 57.2 Å². The van der Waals surface area contributed by atoms with Gasteiger partial charge in [-0.1, -0.05) is 0 Å². The van der Waals surface area contributed by atoms with Crippen molar-refractivity contribution < 1.29 is 4.79 Å². The molecule has 4 rings (SSSR count). The molecule has 1 aliphatic carbocycles. The second-order valence-electron chi connectivity index (χ2n) is 6.54. The van der Waals surface area contributed by atoms with E-state index in [0.717, 1.165) is 22.8 Å². The first kappa shape index (κ1) is 16.5. The summed E-state index contributed by atoms with van der Waals surface area (Å²) < 4.78 is 1.69. The van der Waals surface area contributed by atoms with Crippen molar-refractivity contribution in [2.45, 2.75) is 38.1 Å². The number of rotatable bonds is 6. The predicted molar refractivity (Wildman–Crippen MR) is 100 cm³/mol. The Hall–Kier alpha value is -1.99. The molecule has 25 heavy (non-hydrogen) atoms. The lowest BCUT2D eigenvalue weighted by Crippen LogP contribution is -2.31. The highest BCUT2D eigenvalue weighted by molar-refractivity contribution is 7.09. The minimum absolute atomic E-state index is 0.0880. The molecule has 0 aliphatic heterocycles. The lowest BCUT2D eigenvalue weighted by Gasteiger charge is -2.16. The van der Waals surface area contributed by atoms with E-state index in [4.69, 9.17) is 0 Å². The fourth-order valence-corrected chi connectivity index (χ4v) is 4.42. The molecule has 130 valence electrons. The van der Waals surface area contributed by atoms with Crippen molar-refractivity contribution in [1.29, 1.82) is 0 Å². The Balaban J connectivity index is 1.56. The van der Waals surface area contributed by atoms with E-state index in [9.17, 15) is 4.79 Å². The van der Waals surface area contributed by atoms with E-state index in [-0.39, 0.29) is 11.9 Å². The van der Waals surface area contributed by atoms with E-state index in [1.54, 1.807) is 27.4 Å². The third-order valence-corrected chi connectivity index (χ3v) is 6.20. The van der Waals surface area contributed by atoms with Crippen LogP contribution in [-0.2, 0) is 13.5 Å². The Morgan fingerprint density at radius 1 is 1.44 bits per heavy atom. The third kappa shape index (κ3) is 3.67. The first-order valence-corrected chi connectivity index (χ1v) is 10.2. The minimum atomic E-state index is -0.125. The minimum Gasteiger partial charge on any atom is -0.341 e. The molecule has 3 aromatic heterocycles. The quantitative estimate of drug-likeness (QED) is 0.715. The molecule has 1 atom stereocenters. The number of carbonyl (C=O) groups excluding carboxylic acids is 1. The third-order valence-electron chi connectivity index (χ3n) is 4.39. The Kier molecular flexibility index (Phi) is 4.43. The summed E-state index contributed by atoms with van der Waals surface area (Å²) in [6.45, 7) is 1.98. The van der Waals surface area contributed by atoms with E-state index >= 15 is 0 Å². The monoisotopic (exact) mass is 372 g/mol. The Labute approximate surface area is 154 Å². The van der Waals surface area contributed by atoms with Crippen molar-refractivity contribution in [2.24, 2.45) is 7.05 Å². The van der Waals surface area contributed by atoms with E-state index in [0.29, 0.717) is 11.6 Å². The summed E-state index contributed by atoms with van der Waals surface area (Å²) in [5.74, 6) is 0.450. The molecule has 5 nitrogen and oxygen atoms in total. The molecule has 0 bridgehead atoms. The largest absolute Gasteiger partial charge is 0.341 e. The Bertz CT molecular complexity index is 877. The number of thiazole rings is 1. The van der Waals surface area contributed by atoms with Crippen LogP contribution in [0.3, 0.4) is 0 Å². The van der Waals surface area contributed by atoms with Gasteiger partial charge in [0.25, 0.3) is 5.91 Å². The number of hydrogen-bond acceptors (Lipinski definition) is 5. The Morgan fingerprint density at radius 2 is 2.28 bits per heavy atom. The lowest BCUT2D eigenvalue weighted by atomic mass is 10.1. The van der Waals surface area contributed by atoms with Gasteiger partial charge in [-0.2, -0.15) is 16.4 Å². The Morgan fingerprint density at radius 3 is 2.92 bits per heavy atom. The van der Waals surface area contributed by atoms with Crippen LogP contribution in [0.4, 0.5) is 0 Å². The van der Waals surface area contributed by atoms with Crippen molar-refractivity contribution in [2.75, 3.05) is 0 Å². The molecule has 7 heteroatoms. The SMILES string of the molecule is Cc1csc([C@H](Cc2ccsc2)NC(=O)c2cc(C3CC3)nn2C)n1. The highest BCUT2D eigenvalue weighted by Crippen LogP contribution is 2.39. The highest BCUT2D eigenvalue weighted by atomic mass is 32.1. The van der Waals surface area contributed by atoms with Gasteiger partial charge in [-0.3, -0.25) is 9.48 Å². The molecule has 0 spiro atoms. The fourth-order valence-electron chi connectivity index (χ4n) is 2.89. The van der Waals surface area contributed by atoms with Gasteiger partial charge in [-0.05, 0) is 48.2 Å². The maximum absolute atomic E-state index is 12.8. The molecule has 1 N–H and O–H groups in total. The van der Waals surface area contributed by atoms with Crippen molar-refractivity contribution >= 4 is 28.6 Å². The molecule has 1 aliphatic rings. The van der Waals surface area contributed by atoms with Crippen molar-refractivity contribution in [3.8, 4) is 0 Å². The summed E-state index contributed by atoms with van der Waals surface area (Å²) in [7, 11) is 1.84. The maximum Gasteiger partial charge on any atom is 0.270 e. The summed E-state index contributed by atoms with van der Waals surface area (Å²) in [6, 6.07) is 3.90. The standard InChI is InChI=1S/C18H20N4OS2/c1-11-9-25-18(19-11)15(7-12-5-6-24-10-12)20-17(23)16-8-14(13-3-4-13)21-22(16)2/h5-6,8-10,13,15H,3-4,7H2,1-2H3,(H,20,23)/t15-/m0/s1. The van der Waals surface area contributed by atoms with Gasteiger partial charge >= 0.3 is 0 Å². The normalized spacial score (nSPS) is 15.3. The van der Waals surface area contributed by atoms with Crippen molar-refractivity contribution in [3.05, 3.63) is 55.9 Å². The zero-order valence-electron chi connectivity index (χ0n) is 14.2. The van der Waals surface area contributed by atoms with Gasteiger partial charge in [-0.25, -0.2) is 4.98 Å². The van der Waals surface area contributed by atoms with Crippen LogP contribution in [0.2, 0.25) is 0 Å². The summed E-state index contributed by atoms with van der Waals surface area (Å²) in [6.07, 6.45) is 3.10. The van der Waals surface area contributed by atoms with Crippen LogP contribution in [0, 0.1) is 6.92 Å². The average Bonchev–Trinajstić information content (AvgIpc) is 2.96. The van der Waals surface area contributed by atoms with Gasteiger partial charge in [0, 0.05) is 30.5 Å². The zero-order chi connectivity index (χ0) is 17.4. The first-order chi connectivity index (χ1) is 12.1. The van der Waals surface area contributed by atoms with Crippen molar-refractivity contribution in [1.82, 2.24) is 20.1 Å². The molecule has 0 unspecified atom stereocenters. The molecule has 1 saturated carbocycles. The number of aromatic nitrogens is 3. The number of aryl methyl sites for hydroxylation is 2. The first-order valence-electron chi connectivity index (χ1n) is 8.38. The number of hydrogen-bond donors (Lipinski definition) is 1. The van der Waals surface area contributed by atoms with Crippen LogP contribution in [0.25, 0.3) is 0 Å². The predicted octanol–water partition coefficient (Wildman–Crippen LogP) is 3.84. The second-order valence-corrected chi connectivity index (χ2v) is 8.21. The van der Waals surface area contributed by atoms with Gasteiger partial charge in [0.1, 0.15) is 10.7 Å². The summed E-state index contributed by atoms with van der Waals surface area (Å²) in [4.78, 5) is 17.4. The van der Waals surface area contributed by atoms with Gasteiger partial charge in [0.05, 0.1) is 11.7 Å². The van der Waals surface area contributed by atoms with E-state index in [1.165, 1.54) is 18.4 Å². The molecular formula is C18H20N4OS2. The summed E-state index contributed by atoms with van der Waals surface area (Å²) in [5.41, 5.74) is 3.85. The van der Waals surface area contributed by atoms with E-state index in [1.807, 2.05) is 25.4 Å². The van der Waals surface area contributed by atoms with Crippen LogP contribution in [0.5, 0.6) is 0 Å². The molecule has 1 fully saturated rings. The second kappa shape index (κ2) is 6.72. The van der Waals surface area contributed by atoms with Crippen LogP contribution in [0.15, 0.2) is 28.3 Å². The number of nitrogens with one attached hydrogen (secondary N) is 1. The van der Waals surface area contributed by atoms with Gasteiger partial charge < -0.3 is 5.32 Å². The highest BCUT2D eigenvalue weighted by Gasteiger charge is 2.29. The van der Waals surface area contributed by atoms with Gasteiger partial charge in [-0.15, -0.1) is 11.3 Å². The number of amides is 1. The fraction of sp³-hybridized carbons (Fsp3) is 0.389. The number of carbonyl (C=O) groups is 1. The maximum atomic E-state index is 12.8. The lowest BCUT2D eigenvalue weighted by molar-refractivity contribution is 0.0927. The molecule has 0 saturated heterocycles. The molecule has 1 amide bonds. The topological polar surface area (TPSA) is 59.8 Å². The summed E-state index contributed by atoms with van der Waals surface area (Å²) in [5, 5.41) is 14.8. The van der Waals surface area contributed by atoms with Crippen LogP contribution >= 0.6 is 22.7 Å². The van der Waals surface area contributed by atoms with E-state index < -0.39 is 0 Å². The molecule has 3 aromatic rings. The van der Waals surface area contributed by atoms with Gasteiger partial charge in [0.15, 0.2) is 0 Å². The van der Waals surface area contributed by atoms with Crippen LogP contribution in [-0.4, -0.2) is 20.7 Å². The molecule has 3 heterocycles. The molecule has 0 radical (unpaired) electrons. The van der Waals surface area contributed by atoms with Crippen molar-refractivity contribution in [3.63, 3.8) is 0 Å². The summed E-state index contributed by atoms with van der Waals surface area (Å²) >= 11 is 3.27. The molecule has 0 aromatic carbocycles. The average molecular weight is 373 g/mol. The zero-order valence-corrected chi connectivity index (χ0v) is 15.9. The number of nitrogens with zero attached hydrogens (tertiary/aromatic N) is 3. The number of thiophene rings is 1. The molecular weight excluding hydrogens is 352 g/mol. The van der Waals surface area contributed by atoms with E-state index in [2.05, 4.69) is 32.2 Å². The van der Waals surface area contributed by atoms with Gasteiger partial charge in [0.2, 0.25) is 0 Å². The van der Waals surface area contributed by atoms with Crippen LogP contribution < -0.4 is 5.32 Å². The smallest absolute Gasteiger partial charge is 0.270 e.